The fourth-order valence-electron chi connectivity index (χ4n) is 1.86. The van der Waals surface area contributed by atoms with Crippen molar-refractivity contribution < 1.29 is 4.74 Å². The Balaban J connectivity index is 2.45. The zero-order chi connectivity index (χ0) is 12.1. The first-order chi connectivity index (χ1) is 7.54. The first kappa shape index (κ1) is 13.2. The van der Waals surface area contributed by atoms with Gasteiger partial charge in [-0.15, -0.1) is 0 Å². The molecule has 92 valence electrons. The van der Waals surface area contributed by atoms with Crippen molar-refractivity contribution in [1.29, 1.82) is 0 Å². The lowest BCUT2D eigenvalue weighted by molar-refractivity contribution is 0.166. The van der Waals surface area contributed by atoms with Gasteiger partial charge in [0.1, 0.15) is 0 Å². The molecule has 0 amide bonds. The predicted molar refractivity (Wildman–Crippen MR) is 65.6 cm³/mol. The number of hydrogen-bond acceptors (Lipinski definition) is 3. The highest BCUT2D eigenvalue weighted by molar-refractivity contribution is 5.08. The molecular weight excluding hydrogens is 202 g/mol. The monoisotopic (exact) mass is 225 g/mol. The van der Waals surface area contributed by atoms with Crippen LogP contribution in [0.2, 0.25) is 0 Å². The lowest BCUT2D eigenvalue weighted by atomic mass is 10.2. The van der Waals surface area contributed by atoms with Crippen molar-refractivity contribution in [3.63, 3.8) is 0 Å². The Morgan fingerprint density at radius 1 is 1.38 bits per heavy atom. The molecule has 2 atom stereocenters. The van der Waals surface area contributed by atoms with Gasteiger partial charge in [0.05, 0.1) is 18.6 Å². The zero-order valence-corrected chi connectivity index (χ0v) is 10.9. The summed E-state index contributed by atoms with van der Waals surface area (Å²) < 4.78 is 7.29. The number of ether oxygens (including phenoxy) is 1. The van der Waals surface area contributed by atoms with Crippen LogP contribution in [0, 0.1) is 13.8 Å². The van der Waals surface area contributed by atoms with Crippen LogP contribution in [0.15, 0.2) is 6.33 Å². The summed E-state index contributed by atoms with van der Waals surface area (Å²) in [5, 5.41) is 3.49. The molecule has 1 aromatic heterocycles. The second-order valence-corrected chi connectivity index (χ2v) is 4.49. The van der Waals surface area contributed by atoms with E-state index in [2.05, 4.69) is 35.6 Å². The zero-order valence-electron chi connectivity index (χ0n) is 10.9. The van der Waals surface area contributed by atoms with E-state index in [-0.39, 0.29) is 0 Å². The molecule has 2 unspecified atom stereocenters. The van der Waals surface area contributed by atoms with Crippen molar-refractivity contribution in [2.75, 3.05) is 13.7 Å². The molecule has 0 fully saturated rings. The average molecular weight is 225 g/mol. The molecule has 0 radical (unpaired) electrons. The molecule has 0 spiro atoms. The Morgan fingerprint density at radius 2 is 2.06 bits per heavy atom. The smallest absolute Gasteiger partial charge is 0.0951 e. The number of methoxy groups -OCH3 is 1. The number of rotatable bonds is 6. The van der Waals surface area contributed by atoms with Crippen molar-refractivity contribution in [3.8, 4) is 0 Å². The Bertz CT molecular complexity index is 322. The van der Waals surface area contributed by atoms with Crippen LogP contribution in [0.5, 0.6) is 0 Å². The second-order valence-electron chi connectivity index (χ2n) is 4.49. The predicted octanol–water partition coefficient (Wildman–Crippen LogP) is 1.51. The first-order valence-corrected chi connectivity index (χ1v) is 5.78. The molecule has 1 N–H and O–H groups in total. The minimum absolute atomic E-state index is 0.380. The summed E-state index contributed by atoms with van der Waals surface area (Å²) >= 11 is 0. The molecule has 0 aliphatic carbocycles. The molecule has 0 aliphatic rings. The van der Waals surface area contributed by atoms with Gasteiger partial charge in [0.25, 0.3) is 0 Å². The summed E-state index contributed by atoms with van der Waals surface area (Å²) in [6.45, 7) is 10.1. The number of aromatic nitrogens is 2. The van der Waals surface area contributed by atoms with Crippen LogP contribution in [-0.2, 0) is 11.3 Å². The number of imidazole rings is 1. The van der Waals surface area contributed by atoms with Crippen molar-refractivity contribution in [1.82, 2.24) is 14.9 Å². The van der Waals surface area contributed by atoms with Crippen LogP contribution < -0.4 is 5.32 Å². The highest BCUT2D eigenvalue weighted by Crippen LogP contribution is 2.05. The summed E-state index contributed by atoms with van der Waals surface area (Å²) in [6, 6.07) is 0.794. The average Bonchev–Trinajstić information content (AvgIpc) is 2.50. The molecule has 4 heteroatoms. The minimum atomic E-state index is 0.380. The van der Waals surface area contributed by atoms with E-state index in [1.54, 1.807) is 7.11 Å². The molecule has 0 bridgehead atoms. The van der Waals surface area contributed by atoms with Crippen molar-refractivity contribution in [2.45, 2.75) is 46.3 Å². The minimum Gasteiger partial charge on any atom is -0.383 e. The molecule has 0 aliphatic heterocycles. The Kier molecular flexibility index (Phi) is 4.96. The molecule has 0 aromatic carbocycles. The van der Waals surface area contributed by atoms with Gasteiger partial charge >= 0.3 is 0 Å². The fraction of sp³-hybridized carbons (Fsp3) is 0.750. The molecule has 0 saturated heterocycles. The van der Waals surface area contributed by atoms with E-state index >= 15 is 0 Å². The maximum atomic E-state index is 5.10. The SMILES string of the molecule is COCC(C)NC(C)Cn1cnc(C)c1C. The van der Waals surface area contributed by atoms with Crippen LogP contribution in [0.1, 0.15) is 25.2 Å². The molecule has 0 saturated carbocycles. The number of nitrogens with zero attached hydrogens (tertiary/aromatic N) is 2. The van der Waals surface area contributed by atoms with Crippen LogP contribution in [-0.4, -0.2) is 35.4 Å². The van der Waals surface area contributed by atoms with Gasteiger partial charge in [-0.25, -0.2) is 4.98 Å². The highest BCUT2D eigenvalue weighted by Gasteiger charge is 2.09. The molecule has 1 aromatic rings. The van der Waals surface area contributed by atoms with Crippen molar-refractivity contribution >= 4 is 0 Å². The second kappa shape index (κ2) is 6.01. The first-order valence-electron chi connectivity index (χ1n) is 5.78. The standard InChI is InChI=1S/C12H23N3O/c1-9(14-10(2)7-16-5)6-15-8-13-11(3)12(15)4/h8-10,14H,6-7H2,1-5H3. The Hall–Kier alpha value is -0.870. The Labute approximate surface area is 98.0 Å². The van der Waals surface area contributed by atoms with E-state index in [1.807, 2.05) is 13.3 Å². The van der Waals surface area contributed by atoms with Crippen LogP contribution in [0.3, 0.4) is 0 Å². The van der Waals surface area contributed by atoms with E-state index in [4.69, 9.17) is 4.74 Å². The third-order valence-corrected chi connectivity index (χ3v) is 2.80. The highest BCUT2D eigenvalue weighted by atomic mass is 16.5. The number of aryl methyl sites for hydroxylation is 1. The third-order valence-electron chi connectivity index (χ3n) is 2.80. The third kappa shape index (κ3) is 3.61. The van der Waals surface area contributed by atoms with Crippen molar-refractivity contribution in [2.24, 2.45) is 0 Å². The lowest BCUT2D eigenvalue weighted by Gasteiger charge is -2.20. The van der Waals surface area contributed by atoms with E-state index in [0.29, 0.717) is 12.1 Å². The van der Waals surface area contributed by atoms with E-state index in [9.17, 15) is 0 Å². The van der Waals surface area contributed by atoms with E-state index in [0.717, 1.165) is 18.8 Å². The molecular formula is C12H23N3O. The van der Waals surface area contributed by atoms with Gasteiger partial charge in [-0.05, 0) is 27.7 Å². The molecule has 4 nitrogen and oxygen atoms in total. The van der Waals surface area contributed by atoms with Gasteiger partial charge in [-0.1, -0.05) is 0 Å². The number of nitrogens with one attached hydrogen (secondary N) is 1. The Morgan fingerprint density at radius 3 is 2.56 bits per heavy atom. The summed E-state index contributed by atoms with van der Waals surface area (Å²) in [5.74, 6) is 0. The van der Waals surface area contributed by atoms with Crippen LogP contribution in [0.4, 0.5) is 0 Å². The topological polar surface area (TPSA) is 39.1 Å². The number of hydrogen-bond donors (Lipinski definition) is 1. The van der Waals surface area contributed by atoms with Gasteiger partial charge < -0.3 is 14.6 Å². The van der Waals surface area contributed by atoms with Gasteiger partial charge in [0.15, 0.2) is 0 Å². The van der Waals surface area contributed by atoms with Gasteiger partial charge in [-0.2, -0.15) is 0 Å². The van der Waals surface area contributed by atoms with Gasteiger partial charge in [0, 0.05) is 31.4 Å². The maximum Gasteiger partial charge on any atom is 0.0951 e. The molecule has 1 rings (SSSR count). The molecule has 16 heavy (non-hydrogen) atoms. The van der Waals surface area contributed by atoms with Crippen molar-refractivity contribution in [3.05, 3.63) is 17.7 Å². The fourth-order valence-corrected chi connectivity index (χ4v) is 1.86. The summed E-state index contributed by atoms with van der Waals surface area (Å²) in [5.41, 5.74) is 2.35. The van der Waals surface area contributed by atoms with Gasteiger partial charge in [-0.3, -0.25) is 0 Å². The largest absolute Gasteiger partial charge is 0.383 e. The van der Waals surface area contributed by atoms with Crippen LogP contribution >= 0.6 is 0 Å². The summed E-state index contributed by atoms with van der Waals surface area (Å²) in [6.07, 6.45) is 1.91. The normalized spacial score (nSPS) is 15.1. The van der Waals surface area contributed by atoms with Crippen LogP contribution in [0.25, 0.3) is 0 Å². The lowest BCUT2D eigenvalue weighted by Crippen LogP contribution is -2.39. The maximum absolute atomic E-state index is 5.10. The van der Waals surface area contributed by atoms with E-state index < -0.39 is 0 Å². The summed E-state index contributed by atoms with van der Waals surface area (Å²) in [7, 11) is 1.73. The summed E-state index contributed by atoms with van der Waals surface area (Å²) in [4.78, 5) is 4.30. The quantitative estimate of drug-likeness (QED) is 0.797. The van der Waals surface area contributed by atoms with Gasteiger partial charge in [0.2, 0.25) is 0 Å². The van der Waals surface area contributed by atoms with E-state index in [1.165, 1.54) is 5.69 Å². The molecule has 1 heterocycles.